The third-order valence-electron chi connectivity index (χ3n) is 2.45. The molecule has 1 N–H and O–H groups in total. The number of aryl methyl sites for hydroxylation is 1. The molecule has 1 unspecified atom stereocenters. The van der Waals surface area contributed by atoms with Crippen molar-refractivity contribution >= 4 is 0 Å². The molecule has 4 heteroatoms. The molecule has 1 aromatic rings. The Bertz CT molecular complexity index is 296. The maximum Gasteiger partial charge on any atom is 0.176 e. The fraction of sp³-hybridized carbons (Fsp3) is 0.583. The third kappa shape index (κ3) is 3.27. The monoisotopic (exact) mass is 224 g/mol. The molecule has 0 fully saturated rings. The summed E-state index contributed by atoms with van der Waals surface area (Å²) in [6.45, 7) is 4.87. The van der Waals surface area contributed by atoms with Gasteiger partial charge < -0.3 is 14.8 Å². The summed E-state index contributed by atoms with van der Waals surface area (Å²) in [5.74, 6) is 0. The highest BCUT2D eigenvalue weighted by molar-refractivity contribution is 5.18. The number of hydrogen-bond acceptors (Lipinski definition) is 4. The number of nitrogens with one attached hydrogen (secondary N) is 1. The Morgan fingerprint density at radius 1 is 1.31 bits per heavy atom. The summed E-state index contributed by atoms with van der Waals surface area (Å²) in [6.07, 6.45) is 1.55. The summed E-state index contributed by atoms with van der Waals surface area (Å²) in [6, 6.07) is 4.04. The second kappa shape index (κ2) is 6.58. The molecule has 1 rings (SSSR count). The van der Waals surface area contributed by atoms with Crippen LogP contribution in [-0.2, 0) is 9.47 Å². The van der Waals surface area contributed by atoms with E-state index in [9.17, 15) is 0 Å². The zero-order chi connectivity index (χ0) is 12.0. The van der Waals surface area contributed by atoms with Crippen LogP contribution in [0, 0.1) is 6.92 Å². The van der Waals surface area contributed by atoms with E-state index >= 15 is 0 Å². The summed E-state index contributed by atoms with van der Waals surface area (Å²) in [5.41, 5.74) is 2.08. The minimum Gasteiger partial charge on any atom is -0.354 e. The minimum absolute atomic E-state index is 0.00750. The number of aromatic nitrogens is 1. The predicted molar refractivity (Wildman–Crippen MR) is 63.2 cm³/mol. The topological polar surface area (TPSA) is 43.4 Å². The number of methoxy groups -OCH3 is 2. The van der Waals surface area contributed by atoms with E-state index in [1.54, 1.807) is 14.2 Å². The molecule has 16 heavy (non-hydrogen) atoms. The van der Waals surface area contributed by atoms with Crippen LogP contribution >= 0.6 is 0 Å². The lowest BCUT2D eigenvalue weighted by Crippen LogP contribution is -2.34. The molecule has 0 aliphatic carbocycles. The highest BCUT2D eigenvalue weighted by atomic mass is 16.7. The van der Waals surface area contributed by atoms with Gasteiger partial charge in [0.05, 0.1) is 6.04 Å². The molecule has 0 radical (unpaired) electrons. The van der Waals surface area contributed by atoms with Crippen LogP contribution in [0.4, 0.5) is 0 Å². The molecule has 1 heterocycles. The van der Waals surface area contributed by atoms with Crippen LogP contribution in [0.5, 0.6) is 0 Å². The van der Waals surface area contributed by atoms with Crippen molar-refractivity contribution in [3.8, 4) is 0 Å². The average molecular weight is 224 g/mol. The molecule has 0 aliphatic heterocycles. The molecule has 90 valence electrons. The van der Waals surface area contributed by atoms with Crippen LogP contribution in [-0.4, -0.2) is 32.0 Å². The number of likely N-dealkylation sites (N-methyl/N-ethyl adjacent to an activating group) is 1. The Labute approximate surface area is 97.0 Å². The van der Waals surface area contributed by atoms with Crippen molar-refractivity contribution in [3.05, 3.63) is 29.6 Å². The fourth-order valence-electron chi connectivity index (χ4n) is 1.62. The third-order valence-corrected chi connectivity index (χ3v) is 2.45. The molecule has 1 atom stereocenters. The summed E-state index contributed by atoms with van der Waals surface area (Å²) in [7, 11) is 3.28. The normalized spacial score (nSPS) is 13.1. The van der Waals surface area contributed by atoms with Gasteiger partial charge in [-0.2, -0.15) is 0 Å². The van der Waals surface area contributed by atoms with Gasteiger partial charge in [0.2, 0.25) is 0 Å². The Morgan fingerprint density at radius 2 is 2.00 bits per heavy atom. The first-order chi connectivity index (χ1) is 7.72. The Balaban J connectivity index is 2.87. The van der Waals surface area contributed by atoms with Gasteiger partial charge in [0.1, 0.15) is 0 Å². The van der Waals surface area contributed by atoms with Gasteiger partial charge >= 0.3 is 0 Å². The van der Waals surface area contributed by atoms with Gasteiger partial charge in [0.25, 0.3) is 0 Å². The van der Waals surface area contributed by atoms with E-state index in [1.165, 1.54) is 0 Å². The molecule has 0 amide bonds. The van der Waals surface area contributed by atoms with E-state index in [-0.39, 0.29) is 12.3 Å². The molecule has 0 bridgehead atoms. The van der Waals surface area contributed by atoms with Gasteiger partial charge in [-0.25, -0.2) is 0 Å². The van der Waals surface area contributed by atoms with Crippen molar-refractivity contribution in [1.29, 1.82) is 0 Å². The van der Waals surface area contributed by atoms with E-state index in [2.05, 4.69) is 17.2 Å². The van der Waals surface area contributed by atoms with Crippen LogP contribution in [0.25, 0.3) is 0 Å². The summed E-state index contributed by atoms with van der Waals surface area (Å²) in [5, 5.41) is 3.33. The highest BCUT2D eigenvalue weighted by Gasteiger charge is 2.21. The van der Waals surface area contributed by atoms with Crippen LogP contribution in [0.2, 0.25) is 0 Å². The lowest BCUT2D eigenvalue weighted by atomic mass is 10.1. The molecule has 0 saturated carbocycles. The van der Waals surface area contributed by atoms with Crippen LogP contribution in [0.1, 0.15) is 24.2 Å². The van der Waals surface area contributed by atoms with Gasteiger partial charge in [-0.15, -0.1) is 0 Å². The smallest absolute Gasteiger partial charge is 0.176 e. The molecule has 4 nitrogen and oxygen atoms in total. The summed E-state index contributed by atoms with van der Waals surface area (Å²) < 4.78 is 10.6. The van der Waals surface area contributed by atoms with E-state index in [0.29, 0.717) is 0 Å². The lowest BCUT2D eigenvalue weighted by molar-refractivity contribution is -0.124. The van der Waals surface area contributed by atoms with E-state index < -0.39 is 0 Å². The fourth-order valence-corrected chi connectivity index (χ4v) is 1.62. The maximum atomic E-state index is 5.29. The largest absolute Gasteiger partial charge is 0.354 e. The highest BCUT2D eigenvalue weighted by Crippen LogP contribution is 2.18. The Hall–Kier alpha value is -0.970. The SMILES string of the molecule is CCNC(c1ccc(C)nc1)C(OC)OC. The van der Waals surface area contributed by atoms with Gasteiger partial charge in [-0.3, -0.25) is 4.98 Å². The molecule has 0 spiro atoms. The van der Waals surface area contributed by atoms with E-state index in [4.69, 9.17) is 9.47 Å². The number of rotatable bonds is 6. The number of nitrogens with zero attached hydrogens (tertiary/aromatic N) is 1. The number of ether oxygens (including phenoxy) is 2. The first kappa shape index (κ1) is 13.1. The summed E-state index contributed by atoms with van der Waals surface area (Å²) >= 11 is 0. The van der Waals surface area contributed by atoms with Crippen LogP contribution in [0.3, 0.4) is 0 Å². The first-order valence-electron chi connectivity index (χ1n) is 5.44. The van der Waals surface area contributed by atoms with Crippen LogP contribution in [0.15, 0.2) is 18.3 Å². The quantitative estimate of drug-likeness (QED) is 0.746. The van der Waals surface area contributed by atoms with Crippen molar-refractivity contribution in [2.24, 2.45) is 0 Å². The first-order valence-corrected chi connectivity index (χ1v) is 5.44. The predicted octanol–water partition coefficient (Wildman–Crippen LogP) is 1.66. The molecular formula is C12H20N2O2. The molecule has 0 aromatic carbocycles. The standard InChI is InChI=1S/C12H20N2O2/c1-5-13-11(12(15-3)16-4)10-7-6-9(2)14-8-10/h6-8,11-13H,5H2,1-4H3. The molecule has 0 saturated heterocycles. The van der Waals surface area contributed by atoms with Crippen LogP contribution < -0.4 is 5.32 Å². The Kier molecular flexibility index (Phi) is 5.38. The van der Waals surface area contributed by atoms with Gasteiger partial charge in [0, 0.05) is 26.1 Å². The minimum atomic E-state index is -0.301. The second-order valence-corrected chi connectivity index (χ2v) is 3.61. The van der Waals surface area contributed by atoms with Crippen molar-refractivity contribution < 1.29 is 9.47 Å². The lowest BCUT2D eigenvalue weighted by Gasteiger charge is -2.25. The Morgan fingerprint density at radius 3 is 2.44 bits per heavy atom. The van der Waals surface area contributed by atoms with Crippen molar-refractivity contribution in [2.45, 2.75) is 26.2 Å². The van der Waals surface area contributed by atoms with Gasteiger partial charge in [0.15, 0.2) is 6.29 Å². The molecule has 1 aromatic heterocycles. The van der Waals surface area contributed by atoms with Crippen molar-refractivity contribution in [2.75, 3.05) is 20.8 Å². The molecule has 0 aliphatic rings. The van der Waals surface area contributed by atoms with Gasteiger partial charge in [-0.1, -0.05) is 13.0 Å². The van der Waals surface area contributed by atoms with E-state index in [0.717, 1.165) is 17.8 Å². The average Bonchev–Trinajstić information content (AvgIpc) is 2.31. The van der Waals surface area contributed by atoms with Gasteiger partial charge in [-0.05, 0) is 25.1 Å². The maximum absolute atomic E-state index is 5.29. The molecular weight excluding hydrogens is 204 g/mol. The second-order valence-electron chi connectivity index (χ2n) is 3.61. The summed E-state index contributed by atoms with van der Waals surface area (Å²) in [4.78, 5) is 4.28. The number of hydrogen-bond donors (Lipinski definition) is 1. The zero-order valence-corrected chi connectivity index (χ0v) is 10.4. The van der Waals surface area contributed by atoms with Crippen molar-refractivity contribution in [3.63, 3.8) is 0 Å². The zero-order valence-electron chi connectivity index (χ0n) is 10.4. The number of pyridine rings is 1. The van der Waals surface area contributed by atoms with Crippen molar-refractivity contribution in [1.82, 2.24) is 10.3 Å². The van der Waals surface area contributed by atoms with E-state index in [1.807, 2.05) is 25.3 Å².